The molecule has 0 spiro atoms. The molecule has 0 amide bonds. The van der Waals surface area contributed by atoms with E-state index in [1.54, 1.807) is 11.3 Å². The molecule has 11 heavy (non-hydrogen) atoms. The summed E-state index contributed by atoms with van der Waals surface area (Å²) in [5.74, 6) is 0.596. The van der Waals surface area contributed by atoms with Gasteiger partial charge >= 0.3 is 0 Å². The fourth-order valence-electron chi connectivity index (χ4n) is 1.05. The van der Waals surface area contributed by atoms with Crippen LogP contribution in [0.1, 0.15) is 5.56 Å². The van der Waals surface area contributed by atoms with Crippen LogP contribution in [0, 0.1) is 6.92 Å². The summed E-state index contributed by atoms with van der Waals surface area (Å²) in [5, 5.41) is 2.09. The van der Waals surface area contributed by atoms with E-state index in [-0.39, 0.29) is 0 Å². The molecule has 0 saturated carbocycles. The molecule has 2 aromatic rings. The van der Waals surface area contributed by atoms with Gasteiger partial charge in [0.2, 0.25) is 0 Å². The molecule has 0 saturated heterocycles. The van der Waals surface area contributed by atoms with Gasteiger partial charge < -0.3 is 5.73 Å². The molecule has 0 bridgehead atoms. The number of anilines is 1. The molecule has 0 aliphatic rings. The molecule has 0 aliphatic carbocycles. The van der Waals surface area contributed by atoms with Crippen molar-refractivity contribution in [1.82, 2.24) is 4.98 Å². The van der Waals surface area contributed by atoms with Crippen molar-refractivity contribution in [1.29, 1.82) is 0 Å². The number of pyridine rings is 1. The number of hydrogen-bond acceptors (Lipinski definition) is 3. The molecule has 3 heteroatoms. The molecule has 2 N–H and O–H groups in total. The smallest absolute Gasteiger partial charge is 0.124 e. The lowest BCUT2D eigenvalue weighted by Gasteiger charge is -1.92. The second kappa shape index (κ2) is 2.20. The van der Waals surface area contributed by atoms with Crippen molar-refractivity contribution in [3.63, 3.8) is 0 Å². The molecule has 2 rings (SSSR count). The lowest BCUT2D eigenvalue weighted by Crippen LogP contribution is -1.88. The second-order valence-electron chi connectivity index (χ2n) is 2.50. The molecule has 2 nitrogen and oxygen atoms in total. The average Bonchev–Trinajstić information content (AvgIpc) is 2.33. The number of fused-ring (bicyclic) bond motifs is 1. The van der Waals surface area contributed by atoms with Crippen molar-refractivity contribution in [2.45, 2.75) is 6.92 Å². The maximum absolute atomic E-state index is 5.55. The van der Waals surface area contributed by atoms with Crippen LogP contribution in [0.3, 0.4) is 0 Å². The number of rotatable bonds is 0. The SMILES string of the molecule is Cc1csc2ccc(N)nc12. The molecule has 0 unspecified atom stereocenters. The molecule has 0 atom stereocenters. The number of thiophene rings is 1. The van der Waals surface area contributed by atoms with Crippen molar-refractivity contribution in [2.75, 3.05) is 5.73 Å². The van der Waals surface area contributed by atoms with Crippen LogP contribution in [-0.4, -0.2) is 4.98 Å². The summed E-state index contributed by atoms with van der Waals surface area (Å²) in [6.07, 6.45) is 0. The first kappa shape index (κ1) is 6.61. The summed E-state index contributed by atoms with van der Waals surface area (Å²) in [5.41, 5.74) is 7.79. The van der Waals surface area contributed by atoms with Crippen molar-refractivity contribution >= 4 is 27.4 Å². The van der Waals surface area contributed by atoms with Crippen LogP contribution >= 0.6 is 11.3 Å². The van der Waals surface area contributed by atoms with Gasteiger partial charge in [-0.3, -0.25) is 0 Å². The number of aromatic nitrogens is 1. The molecule has 2 heterocycles. The first-order valence-corrected chi connectivity index (χ1v) is 4.25. The van der Waals surface area contributed by atoms with Crippen LogP contribution in [0.4, 0.5) is 5.82 Å². The third-order valence-electron chi connectivity index (χ3n) is 1.62. The number of nitrogens with zero attached hydrogens (tertiary/aromatic N) is 1. The minimum atomic E-state index is 0.596. The predicted molar refractivity (Wildman–Crippen MR) is 48.8 cm³/mol. The molecule has 2 aromatic heterocycles. The standard InChI is InChI=1S/C8H8N2S/c1-5-4-11-6-2-3-7(9)10-8(5)6/h2-4H,1H3,(H2,9,10). The van der Waals surface area contributed by atoms with Gasteiger partial charge in [-0.05, 0) is 30.0 Å². The summed E-state index contributed by atoms with van der Waals surface area (Å²) in [4.78, 5) is 4.22. The first-order valence-electron chi connectivity index (χ1n) is 3.38. The van der Waals surface area contributed by atoms with Gasteiger partial charge in [0.25, 0.3) is 0 Å². The van der Waals surface area contributed by atoms with E-state index < -0.39 is 0 Å². The molecule has 0 radical (unpaired) electrons. The van der Waals surface area contributed by atoms with E-state index in [0.29, 0.717) is 5.82 Å². The fraction of sp³-hybridized carbons (Fsp3) is 0.125. The first-order chi connectivity index (χ1) is 5.27. The summed E-state index contributed by atoms with van der Waals surface area (Å²) < 4.78 is 1.21. The monoisotopic (exact) mass is 164 g/mol. The van der Waals surface area contributed by atoms with Gasteiger partial charge in [0.15, 0.2) is 0 Å². The molecule has 56 valence electrons. The van der Waals surface area contributed by atoms with Crippen LogP contribution in [0.2, 0.25) is 0 Å². The van der Waals surface area contributed by atoms with Crippen LogP contribution in [0.5, 0.6) is 0 Å². The minimum Gasteiger partial charge on any atom is -0.384 e. The van der Waals surface area contributed by atoms with Crippen molar-refractivity contribution < 1.29 is 0 Å². The van der Waals surface area contributed by atoms with Gasteiger partial charge in [0.05, 0.1) is 10.2 Å². The van der Waals surface area contributed by atoms with E-state index in [1.807, 2.05) is 19.1 Å². The summed E-state index contributed by atoms with van der Waals surface area (Å²) in [7, 11) is 0. The van der Waals surface area contributed by atoms with Crippen molar-refractivity contribution in [3.05, 3.63) is 23.1 Å². The van der Waals surface area contributed by atoms with E-state index in [1.165, 1.54) is 10.3 Å². The van der Waals surface area contributed by atoms with Crippen LogP contribution in [0.15, 0.2) is 17.5 Å². The molecular weight excluding hydrogens is 156 g/mol. The zero-order chi connectivity index (χ0) is 7.84. The van der Waals surface area contributed by atoms with Gasteiger partial charge in [-0.25, -0.2) is 4.98 Å². The third-order valence-corrected chi connectivity index (χ3v) is 2.67. The van der Waals surface area contributed by atoms with E-state index in [4.69, 9.17) is 5.73 Å². The molecule has 0 aliphatic heterocycles. The highest BCUT2D eigenvalue weighted by atomic mass is 32.1. The lowest BCUT2D eigenvalue weighted by molar-refractivity contribution is 1.40. The number of nitrogen functional groups attached to an aromatic ring is 1. The van der Waals surface area contributed by atoms with Crippen molar-refractivity contribution in [3.8, 4) is 0 Å². The second-order valence-corrected chi connectivity index (χ2v) is 3.41. The normalized spacial score (nSPS) is 10.6. The van der Waals surface area contributed by atoms with Crippen LogP contribution < -0.4 is 5.73 Å². The summed E-state index contributed by atoms with van der Waals surface area (Å²) >= 11 is 1.70. The number of aryl methyl sites for hydroxylation is 1. The van der Waals surface area contributed by atoms with Gasteiger partial charge in [-0.2, -0.15) is 0 Å². The lowest BCUT2D eigenvalue weighted by atomic mass is 10.3. The Morgan fingerprint density at radius 3 is 3.09 bits per heavy atom. The Hall–Kier alpha value is -1.09. The Morgan fingerprint density at radius 1 is 1.45 bits per heavy atom. The zero-order valence-corrected chi connectivity index (χ0v) is 6.98. The number of nitrogens with two attached hydrogens (primary N) is 1. The van der Waals surface area contributed by atoms with Crippen LogP contribution in [-0.2, 0) is 0 Å². The van der Waals surface area contributed by atoms with Gasteiger partial charge in [0, 0.05) is 0 Å². The Kier molecular flexibility index (Phi) is 1.32. The van der Waals surface area contributed by atoms with Gasteiger partial charge in [0.1, 0.15) is 5.82 Å². The predicted octanol–water partition coefficient (Wildman–Crippen LogP) is 2.19. The maximum Gasteiger partial charge on any atom is 0.124 e. The molecule has 0 fully saturated rings. The van der Waals surface area contributed by atoms with E-state index in [2.05, 4.69) is 10.4 Å². The quantitative estimate of drug-likeness (QED) is 0.648. The minimum absolute atomic E-state index is 0.596. The third kappa shape index (κ3) is 0.973. The highest BCUT2D eigenvalue weighted by molar-refractivity contribution is 7.17. The molecular formula is C8H8N2S. The summed E-state index contributed by atoms with van der Waals surface area (Å²) in [6.45, 7) is 2.05. The zero-order valence-electron chi connectivity index (χ0n) is 6.16. The highest BCUT2D eigenvalue weighted by Gasteiger charge is 2.00. The highest BCUT2D eigenvalue weighted by Crippen LogP contribution is 2.23. The van der Waals surface area contributed by atoms with Crippen molar-refractivity contribution in [2.24, 2.45) is 0 Å². The Morgan fingerprint density at radius 2 is 2.27 bits per heavy atom. The van der Waals surface area contributed by atoms with E-state index in [9.17, 15) is 0 Å². The topological polar surface area (TPSA) is 38.9 Å². The molecule has 0 aromatic carbocycles. The Labute approximate surface area is 68.7 Å². The Balaban J connectivity index is 2.87. The fourth-order valence-corrected chi connectivity index (χ4v) is 1.93. The largest absolute Gasteiger partial charge is 0.384 e. The summed E-state index contributed by atoms with van der Waals surface area (Å²) in [6, 6.07) is 3.84. The van der Waals surface area contributed by atoms with Gasteiger partial charge in [-0.1, -0.05) is 0 Å². The van der Waals surface area contributed by atoms with Crippen LogP contribution in [0.25, 0.3) is 10.2 Å². The average molecular weight is 164 g/mol. The Bertz CT molecular complexity index is 392. The number of hydrogen-bond donors (Lipinski definition) is 1. The van der Waals surface area contributed by atoms with E-state index in [0.717, 1.165) is 5.52 Å². The van der Waals surface area contributed by atoms with Gasteiger partial charge in [-0.15, -0.1) is 11.3 Å². The maximum atomic E-state index is 5.55. The van der Waals surface area contributed by atoms with E-state index >= 15 is 0 Å².